The number of nitrogens with zero attached hydrogens (tertiary/aromatic N) is 2. The molecule has 0 bridgehead atoms. The molecule has 0 fully saturated rings. The molecule has 0 saturated carbocycles. The SMILES string of the molecule is N#CC1=COCC(C#N)=C1. The molecule has 1 rings (SSSR count). The van der Waals surface area contributed by atoms with Crippen LogP contribution in [0.25, 0.3) is 0 Å². The molecule has 48 valence electrons. The van der Waals surface area contributed by atoms with E-state index in [1.807, 2.05) is 12.1 Å². The summed E-state index contributed by atoms with van der Waals surface area (Å²) in [4.78, 5) is 0. The summed E-state index contributed by atoms with van der Waals surface area (Å²) in [6, 6.07) is 3.79. The summed E-state index contributed by atoms with van der Waals surface area (Å²) >= 11 is 0. The Bertz CT molecular complexity index is 275. The van der Waals surface area contributed by atoms with Gasteiger partial charge in [0.15, 0.2) is 0 Å². The fourth-order valence-corrected chi connectivity index (χ4v) is 0.608. The molecule has 0 spiro atoms. The molecule has 1 aliphatic heterocycles. The molecular weight excluding hydrogens is 128 g/mol. The van der Waals surface area contributed by atoms with Gasteiger partial charge in [-0.25, -0.2) is 0 Å². The van der Waals surface area contributed by atoms with E-state index in [1.165, 1.54) is 12.3 Å². The van der Waals surface area contributed by atoms with E-state index in [2.05, 4.69) is 0 Å². The Kier molecular flexibility index (Phi) is 1.72. The van der Waals surface area contributed by atoms with Gasteiger partial charge in [-0.15, -0.1) is 0 Å². The van der Waals surface area contributed by atoms with Crippen molar-refractivity contribution < 1.29 is 4.74 Å². The smallest absolute Gasteiger partial charge is 0.122 e. The molecule has 10 heavy (non-hydrogen) atoms. The van der Waals surface area contributed by atoms with E-state index in [0.717, 1.165) is 0 Å². The van der Waals surface area contributed by atoms with Gasteiger partial charge >= 0.3 is 0 Å². The Balaban J connectivity index is 2.86. The lowest BCUT2D eigenvalue weighted by Crippen LogP contribution is -1.97. The average molecular weight is 132 g/mol. The molecule has 3 heteroatoms. The van der Waals surface area contributed by atoms with Crippen molar-refractivity contribution in [2.24, 2.45) is 0 Å². The zero-order chi connectivity index (χ0) is 7.40. The first-order valence-electron chi connectivity index (χ1n) is 2.69. The first-order chi connectivity index (χ1) is 4.86. The minimum Gasteiger partial charge on any atom is -0.494 e. The maximum atomic E-state index is 8.37. The molecule has 1 heterocycles. The molecule has 3 nitrogen and oxygen atoms in total. The number of nitriles is 2. The van der Waals surface area contributed by atoms with Gasteiger partial charge in [0.2, 0.25) is 0 Å². The minimum absolute atomic E-state index is 0.279. The highest BCUT2D eigenvalue weighted by atomic mass is 16.5. The minimum atomic E-state index is 0.279. The van der Waals surface area contributed by atoms with Crippen LogP contribution in [-0.4, -0.2) is 6.61 Å². The van der Waals surface area contributed by atoms with E-state index in [0.29, 0.717) is 11.1 Å². The van der Waals surface area contributed by atoms with Crippen molar-refractivity contribution in [1.82, 2.24) is 0 Å². The third-order valence-corrected chi connectivity index (χ3v) is 1.05. The van der Waals surface area contributed by atoms with Crippen LogP contribution < -0.4 is 0 Å². The Morgan fingerprint density at radius 2 is 2.20 bits per heavy atom. The summed E-state index contributed by atoms with van der Waals surface area (Å²) in [5, 5.41) is 16.7. The van der Waals surface area contributed by atoms with Crippen LogP contribution in [0.2, 0.25) is 0 Å². The van der Waals surface area contributed by atoms with E-state index >= 15 is 0 Å². The van der Waals surface area contributed by atoms with E-state index < -0.39 is 0 Å². The van der Waals surface area contributed by atoms with E-state index in [1.54, 1.807) is 0 Å². The van der Waals surface area contributed by atoms with Gasteiger partial charge in [-0.1, -0.05) is 0 Å². The summed E-state index contributed by atoms with van der Waals surface area (Å²) in [5.74, 6) is 0. The maximum absolute atomic E-state index is 8.37. The molecule has 0 aliphatic carbocycles. The van der Waals surface area contributed by atoms with Crippen LogP contribution in [-0.2, 0) is 4.74 Å². The molecule has 0 aromatic carbocycles. The van der Waals surface area contributed by atoms with Crippen molar-refractivity contribution in [3.63, 3.8) is 0 Å². The average Bonchev–Trinajstić information content (AvgIpc) is 2.05. The lowest BCUT2D eigenvalue weighted by molar-refractivity contribution is 0.277. The summed E-state index contributed by atoms with van der Waals surface area (Å²) < 4.78 is 4.80. The zero-order valence-electron chi connectivity index (χ0n) is 5.16. The van der Waals surface area contributed by atoms with Crippen LogP contribution >= 0.6 is 0 Å². The van der Waals surface area contributed by atoms with Gasteiger partial charge in [0, 0.05) is 0 Å². The van der Waals surface area contributed by atoms with Gasteiger partial charge in [0.25, 0.3) is 0 Å². The molecule has 0 unspecified atom stereocenters. The Hall–Kier alpha value is -1.74. The van der Waals surface area contributed by atoms with Crippen LogP contribution in [0.5, 0.6) is 0 Å². The quantitative estimate of drug-likeness (QED) is 0.491. The highest BCUT2D eigenvalue weighted by Crippen LogP contribution is 2.07. The molecule has 0 amide bonds. The third-order valence-electron chi connectivity index (χ3n) is 1.05. The van der Waals surface area contributed by atoms with Crippen LogP contribution in [0.3, 0.4) is 0 Å². The van der Waals surface area contributed by atoms with Gasteiger partial charge in [0.1, 0.15) is 18.9 Å². The number of rotatable bonds is 0. The Morgan fingerprint density at radius 1 is 1.40 bits per heavy atom. The summed E-state index contributed by atoms with van der Waals surface area (Å²) in [6.07, 6.45) is 2.87. The maximum Gasteiger partial charge on any atom is 0.122 e. The van der Waals surface area contributed by atoms with E-state index in [4.69, 9.17) is 15.3 Å². The molecule has 1 aliphatic rings. The molecule has 0 atom stereocenters. The van der Waals surface area contributed by atoms with Crippen molar-refractivity contribution in [3.05, 3.63) is 23.5 Å². The monoisotopic (exact) mass is 132 g/mol. The predicted molar refractivity (Wildman–Crippen MR) is 33.3 cm³/mol. The third kappa shape index (κ3) is 1.15. The number of allylic oxidation sites excluding steroid dienone is 2. The van der Waals surface area contributed by atoms with Crippen molar-refractivity contribution >= 4 is 0 Å². The van der Waals surface area contributed by atoms with Gasteiger partial charge < -0.3 is 4.74 Å². The summed E-state index contributed by atoms with van der Waals surface area (Å²) in [5.41, 5.74) is 0.877. The molecule has 0 aromatic rings. The number of hydrogen-bond acceptors (Lipinski definition) is 3. The van der Waals surface area contributed by atoms with Gasteiger partial charge in [-0.2, -0.15) is 10.5 Å². The molecular formula is C7H4N2O. The summed E-state index contributed by atoms with van der Waals surface area (Å²) in [6.45, 7) is 0.279. The fraction of sp³-hybridized carbons (Fsp3) is 0.143. The molecule has 0 saturated heterocycles. The second-order valence-corrected chi connectivity index (χ2v) is 1.78. The largest absolute Gasteiger partial charge is 0.494 e. The highest BCUT2D eigenvalue weighted by Gasteiger charge is 2.03. The fourth-order valence-electron chi connectivity index (χ4n) is 0.608. The lowest BCUT2D eigenvalue weighted by atomic mass is 10.2. The molecule has 0 aromatic heterocycles. The van der Waals surface area contributed by atoms with Crippen molar-refractivity contribution in [2.45, 2.75) is 0 Å². The summed E-state index contributed by atoms with van der Waals surface area (Å²) in [7, 11) is 0. The van der Waals surface area contributed by atoms with E-state index in [9.17, 15) is 0 Å². The first kappa shape index (κ1) is 6.38. The van der Waals surface area contributed by atoms with Crippen LogP contribution in [0, 0.1) is 22.7 Å². The molecule has 0 radical (unpaired) electrons. The first-order valence-corrected chi connectivity index (χ1v) is 2.69. The second-order valence-electron chi connectivity index (χ2n) is 1.78. The van der Waals surface area contributed by atoms with E-state index in [-0.39, 0.29) is 6.61 Å². The van der Waals surface area contributed by atoms with Gasteiger partial charge in [-0.3, -0.25) is 0 Å². The zero-order valence-corrected chi connectivity index (χ0v) is 5.16. The number of ether oxygens (including phenoxy) is 1. The topological polar surface area (TPSA) is 56.8 Å². The second kappa shape index (κ2) is 2.70. The van der Waals surface area contributed by atoms with Crippen molar-refractivity contribution in [2.75, 3.05) is 6.61 Å². The number of hydrogen-bond donors (Lipinski definition) is 0. The van der Waals surface area contributed by atoms with Crippen LogP contribution in [0.15, 0.2) is 23.5 Å². The van der Waals surface area contributed by atoms with Gasteiger partial charge in [-0.05, 0) is 6.08 Å². The van der Waals surface area contributed by atoms with Crippen LogP contribution in [0.4, 0.5) is 0 Å². The Labute approximate surface area is 58.4 Å². The highest BCUT2D eigenvalue weighted by molar-refractivity contribution is 5.40. The van der Waals surface area contributed by atoms with Crippen molar-refractivity contribution in [1.29, 1.82) is 10.5 Å². The van der Waals surface area contributed by atoms with Crippen molar-refractivity contribution in [3.8, 4) is 12.1 Å². The predicted octanol–water partition coefficient (Wildman–Crippen LogP) is 0.874. The lowest BCUT2D eigenvalue weighted by Gasteiger charge is -2.03. The molecule has 0 N–H and O–H groups in total. The van der Waals surface area contributed by atoms with Gasteiger partial charge in [0.05, 0.1) is 17.2 Å². The normalized spacial score (nSPS) is 15.4. The Morgan fingerprint density at radius 3 is 2.80 bits per heavy atom. The standard InChI is InChI=1S/C7H4N2O/c8-2-6-1-7(3-9)5-10-4-6/h1,4H,5H2. The van der Waals surface area contributed by atoms with Crippen LogP contribution in [0.1, 0.15) is 0 Å².